The van der Waals surface area contributed by atoms with Crippen molar-refractivity contribution in [3.63, 3.8) is 0 Å². The topological polar surface area (TPSA) is 84.5 Å². The second-order valence-electron chi connectivity index (χ2n) is 6.43. The van der Waals surface area contributed by atoms with E-state index in [2.05, 4.69) is 23.1 Å². The van der Waals surface area contributed by atoms with Crippen molar-refractivity contribution in [3.8, 4) is 5.88 Å². The zero-order valence-corrected chi connectivity index (χ0v) is 16.5. The van der Waals surface area contributed by atoms with Crippen molar-refractivity contribution in [2.24, 2.45) is 0 Å². The number of nitrogens with one attached hydrogen (secondary N) is 1. The van der Waals surface area contributed by atoms with E-state index < -0.39 is 6.16 Å². The van der Waals surface area contributed by atoms with Crippen LogP contribution in [0.1, 0.15) is 22.8 Å². The molecular weight excluding hydrogens is 370 g/mol. The maximum atomic E-state index is 12.9. The summed E-state index contributed by atoms with van der Waals surface area (Å²) in [6.07, 6.45) is 4.16. The summed E-state index contributed by atoms with van der Waals surface area (Å²) < 4.78 is 10.0. The summed E-state index contributed by atoms with van der Waals surface area (Å²) in [5, 5.41) is 1.68. The van der Waals surface area contributed by atoms with Crippen LogP contribution in [0.3, 0.4) is 0 Å². The number of aromatic amines is 1. The normalized spacial score (nSPS) is 10.7. The number of amides is 1. The van der Waals surface area contributed by atoms with E-state index >= 15 is 0 Å². The summed E-state index contributed by atoms with van der Waals surface area (Å²) in [7, 11) is 0. The maximum Gasteiger partial charge on any atom is 0.515 e. The van der Waals surface area contributed by atoms with Crippen LogP contribution in [-0.2, 0) is 4.74 Å². The maximum absolute atomic E-state index is 12.9. The Morgan fingerprint density at radius 1 is 1.21 bits per heavy atom. The standard InChI is InChI=1S/C22H23N3O4/c1-5-10-25(11-6-2)21(26)15-8-9-17-16(12-15)19-14(4)20(23-13-18(19)24-17)29-22(27)28-7-3/h5-6,8-9,12-13,24H,1-2,7,10-11H2,3-4H3. The number of carbonyl (C=O) groups is 2. The molecular formula is C22H23N3O4. The Bertz CT molecular complexity index is 1090. The molecule has 0 aliphatic rings. The lowest BCUT2D eigenvalue weighted by Gasteiger charge is -2.19. The highest BCUT2D eigenvalue weighted by atomic mass is 16.7. The third-order valence-electron chi connectivity index (χ3n) is 4.51. The molecule has 2 heterocycles. The molecule has 1 amide bonds. The van der Waals surface area contributed by atoms with Gasteiger partial charge >= 0.3 is 6.16 Å². The molecule has 0 radical (unpaired) electrons. The third kappa shape index (κ3) is 3.99. The van der Waals surface area contributed by atoms with Crippen LogP contribution < -0.4 is 4.74 Å². The first-order chi connectivity index (χ1) is 14.0. The van der Waals surface area contributed by atoms with Crippen LogP contribution >= 0.6 is 0 Å². The summed E-state index contributed by atoms with van der Waals surface area (Å²) >= 11 is 0. The molecule has 0 unspecified atom stereocenters. The second kappa shape index (κ2) is 8.60. The average molecular weight is 393 g/mol. The monoisotopic (exact) mass is 393 g/mol. The lowest BCUT2D eigenvalue weighted by molar-refractivity contribution is 0.0790. The number of nitrogens with zero attached hydrogens (tertiary/aromatic N) is 2. The number of aryl methyl sites for hydroxylation is 1. The van der Waals surface area contributed by atoms with Gasteiger partial charge in [0.15, 0.2) is 0 Å². The molecule has 150 valence electrons. The predicted molar refractivity (Wildman–Crippen MR) is 112 cm³/mol. The van der Waals surface area contributed by atoms with Gasteiger partial charge in [-0.2, -0.15) is 0 Å². The van der Waals surface area contributed by atoms with Crippen LogP contribution in [0.4, 0.5) is 4.79 Å². The number of hydrogen-bond acceptors (Lipinski definition) is 5. The van der Waals surface area contributed by atoms with Gasteiger partial charge in [-0.3, -0.25) is 4.79 Å². The number of ether oxygens (including phenoxy) is 2. The second-order valence-corrected chi connectivity index (χ2v) is 6.43. The van der Waals surface area contributed by atoms with E-state index in [1.807, 2.05) is 19.1 Å². The Morgan fingerprint density at radius 3 is 2.59 bits per heavy atom. The summed E-state index contributed by atoms with van der Waals surface area (Å²) in [4.78, 5) is 33.7. The molecule has 0 fully saturated rings. The first-order valence-corrected chi connectivity index (χ1v) is 9.26. The minimum absolute atomic E-state index is 0.115. The van der Waals surface area contributed by atoms with Gasteiger partial charge < -0.3 is 19.4 Å². The van der Waals surface area contributed by atoms with Crippen molar-refractivity contribution in [1.82, 2.24) is 14.9 Å². The Balaban J connectivity index is 2.07. The number of pyridine rings is 1. The van der Waals surface area contributed by atoms with E-state index in [1.54, 1.807) is 36.2 Å². The van der Waals surface area contributed by atoms with E-state index in [0.717, 1.165) is 21.8 Å². The van der Waals surface area contributed by atoms with Gasteiger partial charge in [-0.1, -0.05) is 12.2 Å². The number of hydrogen-bond donors (Lipinski definition) is 1. The predicted octanol–water partition coefficient (Wildman–Crippen LogP) is 4.37. The Kier molecular flexibility index (Phi) is 5.97. The Morgan fingerprint density at radius 2 is 1.93 bits per heavy atom. The fraction of sp³-hybridized carbons (Fsp3) is 0.227. The molecule has 0 aliphatic carbocycles. The largest absolute Gasteiger partial charge is 0.515 e. The van der Waals surface area contributed by atoms with Gasteiger partial charge in [0.25, 0.3) is 5.91 Å². The van der Waals surface area contributed by atoms with Gasteiger partial charge in [-0.25, -0.2) is 9.78 Å². The average Bonchev–Trinajstić information content (AvgIpc) is 3.08. The smallest absolute Gasteiger partial charge is 0.434 e. The lowest BCUT2D eigenvalue weighted by atomic mass is 10.1. The van der Waals surface area contributed by atoms with Crippen molar-refractivity contribution in [1.29, 1.82) is 0 Å². The summed E-state index contributed by atoms with van der Waals surface area (Å²) in [6.45, 7) is 12.0. The molecule has 3 rings (SSSR count). The quantitative estimate of drug-likeness (QED) is 0.476. The number of carbonyl (C=O) groups excluding carboxylic acids is 2. The zero-order chi connectivity index (χ0) is 21.0. The first kappa shape index (κ1) is 20.1. The van der Waals surface area contributed by atoms with E-state index in [1.165, 1.54) is 0 Å². The van der Waals surface area contributed by atoms with Crippen molar-refractivity contribution >= 4 is 33.9 Å². The van der Waals surface area contributed by atoms with Crippen molar-refractivity contribution < 1.29 is 19.1 Å². The van der Waals surface area contributed by atoms with Crippen molar-refractivity contribution in [2.75, 3.05) is 19.7 Å². The van der Waals surface area contributed by atoms with Crippen LogP contribution in [0.25, 0.3) is 21.8 Å². The van der Waals surface area contributed by atoms with Crippen molar-refractivity contribution in [2.45, 2.75) is 13.8 Å². The summed E-state index contributed by atoms with van der Waals surface area (Å²) in [6, 6.07) is 5.46. The summed E-state index contributed by atoms with van der Waals surface area (Å²) in [5.74, 6) is 0.0595. The number of benzene rings is 1. The molecule has 0 atom stereocenters. The third-order valence-corrected chi connectivity index (χ3v) is 4.51. The number of aromatic nitrogens is 2. The highest BCUT2D eigenvalue weighted by Gasteiger charge is 2.18. The fourth-order valence-corrected chi connectivity index (χ4v) is 3.24. The number of rotatable bonds is 7. The summed E-state index contributed by atoms with van der Waals surface area (Å²) in [5.41, 5.74) is 2.87. The molecule has 1 N–H and O–H groups in total. The molecule has 3 aromatic rings. The molecule has 7 heteroatoms. The Hall–Kier alpha value is -3.61. The van der Waals surface area contributed by atoms with Crippen LogP contribution in [0.2, 0.25) is 0 Å². The minimum atomic E-state index is -0.803. The van der Waals surface area contributed by atoms with Gasteiger partial charge in [0, 0.05) is 40.5 Å². The number of fused-ring (bicyclic) bond motifs is 3. The highest BCUT2D eigenvalue weighted by Crippen LogP contribution is 2.32. The molecule has 1 aromatic carbocycles. The molecule has 0 aliphatic heterocycles. The molecule has 0 bridgehead atoms. The van der Waals surface area contributed by atoms with E-state index in [9.17, 15) is 9.59 Å². The van der Waals surface area contributed by atoms with Gasteiger partial charge in [0.1, 0.15) is 0 Å². The fourth-order valence-electron chi connectivity index (χ4n) is 3.24. The molecule has 0 saturated carbocycles. The molecule has 29 heavy (non-hydrogen) atoms. The molecule has 2 aromatic heterocycles. The zero-order valence-electron chi connectivity index (χ0n) is 16.5. The van der Waals surface area contributed by atoms with Crippen LogP contribution in [0.5, 0.6) is 5.88 Å². The number of H-pyrrole nitrogens is 1. The lowest BCUT2D eigenvalue weighted by Crippen LogP contribution is -2.31. The van der Waals surface area contributed by atoms with Crippen molar-refractivity contribution in [3.05, 3.63) is 60.8 Å². The molecule has 0 saturated heterocycles. The van der Waals surface area contributed by atoms with E-state index in [4.69, 9.17) is 9.47 Å². The van der Waals surface area contributed by atoms with Crippen LogP contribution in [-0.4, -0.2) is 46.6 Å². The van der Waals surface area contributed by atoms with Gasteiger partial charge in [0.05, 0.1) is 18.3 Å². The van der Waals surface area contributed by atoms with Gasteiger partial charge in [-0.15, -0.1) is 13.2 Å². The minimum Gasteiger partial charge on any atom is -0.434 e. The first-order valence-electron chi connectivity index (χ1n) is 9.26. The van der Waals surface area contributed by atoms with Gasteiger partial charge in [-0.05, 0) is 32.0 Å². The van der Waals surface area contributed by atoms with Crippen LogP contribution in [0, 0.1) is 6.92 Å². The SMILES string of the molecule is C=CCN(CC=C)C(=O)c1ccc2[nH]c3cnc(OC(=O)OCC)c(C)c3c2c1. The van der Waals surface area contributed by atoms with Gasteiger partial charge in [0.2, 0.25) is 5.88 Å². The van der Waals surface area contributed by atoms with E-state index in [0.29, 0.717) is 24.2 Å². The Labute approximate surface area is 168 Å². The molecule has 7 nitrogen and oxygen atoms in total. The molecule has 0 spiro atoms. The van der Waals surface area contributed by atoms with Crippen LogP contribution in [0.15, 0.2) is 49.7 Å². The highest BCUT2D eigenvalue weighted by molar-refractivity contribution is 6.11. The van der Waals surface area contributed by atoms with E-state index in [-0.39, 0.29) is 18.4 Å².